The van der Waals surface area contributed by atoms with Crippen molar-refractivity contribution in [3.8, 4) is 11.5 Å². The number of hydrogen-bond donors (Lipinski definition) is 12. The molecule has 12 N–H and O–H groups in total. The number of carbonyl (C=O) groups is 2. The van der Waals surface area contributed by atoms with Crippen LogP contribution in [0.2, 0.25) is 0 Å². The quantitative estimate of drug-likeness (QED) is 0.0420. The molecule has 10 rings (SSSR count). The molecule has 1 aromatic heterocycles. The Labute approximate surface area is 601 Å². The number of aliphatic hydroxyl groups excluding tert-OH is 7. The van der Waals surface area contributed by atoms with Crippen LogP contribution in [0.4, 0.5) is 0 Å². The number of aromatic carboxylic acids is 1. The number of ether oxygens (including phenoxy) is 3. The molecule has 64 heteroatoms. The van der Waals surface area contributed by atoms with E-state index in [0.717, 1.165) is 22.2 Å². The fraction of sp³-hybridized carbons (Fsp3) is 0.462. The summed E-state index contributed by atoms with van der Waals surface area (Å²) in [6, 6.07) is 19.6. The Morgan fingerprint density at radius 2 is 1.11 bits per heavy atom. The van der Waals surface area contributed by atoms with E-state index in [1.165, 1.54) is 26.0 Å². The van der Waals surface area contributed by atoms with Gasteiger partial charge in [0.05, 0.1) is 39.2 Å². The van der Waals surface area contributed by atoms with E-state index in [2.05, 4.69) is 47.8 Å². The first-order valence-electron chi connectivity index (χ1n) is 26.3. The van der Waals surface area contributed by atoms with Crippen molar-refractivity contribution in [1.82, 2.24) is 0 Å². The van der Waals surface area contributed by atoms with Crippen LogP contribution in [-0.2, 0) is 108 Å². The predicted octanol–water partition coefficient (Wildman–Crippen LogP) is -2.16. The SMILES string of the molecule is C[C@@H]1O[C@H](CO)C(O)C1O.C[C@@H]1O[C@H](COP(=O)([Se-])OP(=O)(O)OP(=O)([O-])O)C(O)C1O.C[C@@H]1O[C@H](COP2OP(=O)(O)OP(=O)(O)O2)C(O)C1O.O=C([O-])c1ccccc1OP1OP(=O)([O-])OP(=O)([O-])O1.O=C1OP(Cl)Oc2ccccc21.O=P([O-])([O-])OP(=O)([O-])O.O=c1[se]sc2ccccc12. The van der Waals surface area contributed by atoms with E-state index in [9.17, 15) is 110 Å². The van der Waals surface area contributed by atoms with Crippen LogP contribution in [0.5, 0.6) is 11.5 Å². The van der Waals surface area contributed by atoms with Gasteiger partial charge >= 0.3 is 245 Å². The summed E-state index contributed by atoms with van der Waals surface area (Å²) in [6.45, 7) is 3.41. The molecule has 103 heavy (non-hydrogen) atoms. The Balaban J connectivity index is 0.000000261. The number of aliphatic hydroxyl groups is 7. The molecule has 5 saturated heterocycles. The minimum absolute atomic E-state index is 0.115. The van der Waals surface area contributed by atoms with Crippen molar-refractivity contribution in [2.24, 2.45) is 0 Å². The fourth-order valence-corrected chi connectivity index (χ4v) is 26.1. The van der Waals surface area contributed by atoms with Crippen molar-refractivity contribution < 1.29 is 221 Å². The van der Waals surface area contributed by atoms with Crippen LogP contribution >= 0.6 is 115 Å². The molecule has 7 heterocycles. The van der Waals surface area contributed by atoms with E-state index in [-0.39, 0.29) is 38.4 Å². The predicted molar refractivity (Wildman–Crippen MR) is 329 cm³/mol. The van der Waals surface area contributed by atoms with Gasteiger partial charge in [0.2, 0.25) is 0 Å². The van der Waals surface area contributed by atoms with Crippen LogP contribution in [0.3, 0.4) is 0 Å². The van der Waals surface area contributed by atoms with Crippen molar-refractivity contribution in [2.75, 3.05) is 19.8 Å². The van der Waals surface area contributed by atoms with Crippen LogP contribution in [0.1, 0.15) is 41.5 Å². The van der Waals surface area contributed by atoms with Crippen molar-refractivity contribution in [1.29, 1.82) is 0 Å². The zero-order valence-corrected chi connectivity index (χ0v) is 66.2. The molecule has 6 aliphatic heterocycles. The molecule has 6 aliphatic rings. The molecular formula is C39H51ClO48P12SSe2-8. The molecule has 0 spiro atoms. The van der Waals surface area contributed by atoms with Gasteiger partial charge < -0.3 is 107 Å². The zero-order valence-electron chi connectivity index (χ0n) is 50.5. The Hall–Kier alpha value is -0.501. The number of fused-ring (bicyclic) bond motifs is 2. The van der Waals surface area contributed by atoms with Gasteiger partial charge in [0.25, 0.3) is 23.5 Å². The number of carboxylic acids is 1. The van der Waals surface area contributed by atoms with Crippen LogP contribution in [0.25, 0.3) is 10.1 Å². The molecule has 21 atom stereocenters. The Morgan fingerprint density at radius 1 is 0.641 bits per heavy atom. The van der Waals surface area contributed by atoms with Crippen molar-refractivity contribution >= 4 is 166 Å². The molecule has 4 aromatic rings. The standard InChI is InChI=1S/C7H4ClO3P.C7H7O10P3.C7H4OSSe.C6H15O12P3Se.C6H13O11P3.C6H12O4.H4O7P2/c8-12-10-6-4-2-1-3-5(6)7(9)11-12;8-7(9)5-3-1-2-4-6(5)14-18-15-19(10,11)17-20(12,13)16-18;8-7-5-3-1-2-4-6(5)9-10-7;1-3-5(7)6(8)4(16-3)2-15-21(14,22)18-20(12,13)17-19(9,10)11;1-3-5(7)6(8)4(14-3)2-13-18-15-19(9,10)17-20(11,12)16-18;1-3-5(8)6(9)4(2-7)10-3;1-8(2,3)7-9(4,5)6/h1-4H;1-4H,(H,8,9)(H,10,11)(H,12,13);1-4H;3-8H,2H2,1H3,(H,12,13)(H,14,22)(H2,9,10,11);3-8H,2H2,1H3,(H,9,10)(H,11,12);3-9H,2H2,1H3;(H2,1,2,3)(H2,4,5,6)/p-8/t;;;3-,4+,5?,6?,21?;2*3-,4+,5?,6?;/m...000./s1. The molecule has 15 unspecified atom stereocenters. The summed E-state index contributed by atoms with van der Waals surface area (Å²) >= 11 is 7.44. The maximum atomic E-state index is 11.8. The third-order valence-corrected chi connectivity index (χ3v) is 33.0. The second-order valence-corrected chi connectivity index (χ2v) is 43.0. The van der Waals surface area contributed by atoms with Crippen molar-refractivity contribution in [2.45, 2.75) is 94.0 Å². The summed E-state index contributed by atoms with van der Waals surface area (Å²) < 4.78 is 172. The van der Waals surface area contributed by atoms with E-state index in [1.807, 2.05) is 24.3 Å². The molecule has 0 aliphatic carbocycles. The number of carboxylic acid groups (broad SMARTS) is 1. The zero-order chi connectivity index (χ0) is 78.4. The van der Waals surface area contributed by atoms with Crippen LogP contribution in [-0.4, -0.2) is 194 Å². The second-order valence-electron chi connectivity index (χ2n) is 19.2. The number of benzene rings is 3. The van der Waals surface area contributed by atoms with Crippen molar-refractivity contribution in [3.05, 3.63) is 93.0 Å². The monoisotopic (exact) mass is 1890 g/mol. The average molecular weight is 1880 g/mol. The molecule has 0 radical (unpaired) electrons. The number of phosphoric acid groups is 8. The molecule has 3 aromatic carbocycles. The van der Waals surface area contributed by atoms with E-state index in [0.29, 0.717) is 15.6 Å². The molecule has 0 saturated carbocycles. The summed E-state index contributed by atoms with van der Waals surface area (Å²) in [7, 11) is -47.4. The molecule has 0 amide bonds. The van der Waals surface area contributed by atoms with Crippen LogP contribution < -0.4 is 47.8 Å². The van der Waals surface area contributed by atoms with E-state index in [1.54, 1.807) is 56.5 Å². The maximum absolute atomic E-state index is 11.8. The van der Waals surface area contributed by atoms with Crippen molar-refractivity contribution in [3.63, 3.8) is 0 Å². The molecule has 588 valence electrons. The fourth-order valence-electron chi connectivity index (χ4n) is 7.26. The molecule has 0 bridgehead atoms. The van der Waals surface area contributed by atoms with Gasteiger partial charge in [0, 0.05) is 5.56 Å². The van der Waals surface area contributed by atoms with Gasteiger partial charge in [-0.2, -0.15) is 4.31 Å². The van der Waals surface area contributed by atoms with E-state index < -0.39 is 185 Å². The number of rotatable bonds is 16. The molecular weight excluding hydrogens is 1830 g/mol. The Kier molecular flexibility index (Phi) is 37.1. The van der Waals surface area contributed by atoms with E-state index in [4.69, 9.17) is 78.8 Å². The van der Waals surface area contributed by atoms with Crippen LogP contribution in [0, 0.1) is 0 Å². The summed E-state index contributed by atoms with van der Waals surface area (Å²) in [5, 5.41) is 76.5. The minimum atomic E-state index is -5.62. The first-order valence-corrected chi connectivity index (χ1v) is 49.9. The van der Waals surface area contributed by atoms with Gasteiger partial charge in [-0.1, -0.05) is 24.3 Å². The van der Waals surface area contributed by atoms with Gasteiger partial charge in [0.1, 0.15) is 53.7 Å². The van der Waals surface area contributed by atoms with Gasteiger partial charge in [-0.25, -0.2) is 35.5 Å². The first kappa shape index (κ1) is 94.9. The number of carbonyl (C=O) groups excluding carboxylic acids is 2. The average Bonchev–Trinajstić information content (AvgIpc) is 1.79. The van der Waals surface area contributed by atoms with Crippen LogP contribution in [0.15, 0.2) is 77.6 Å². The van der Waals surface area contributed by atoms with E-state index >= 15 is 0 Å². The van der Waals surface area contributed by atoms with Gasteiger partial charge in [-0.15, -0.1) is 0 Å². The topological polar surface area (TPSA) is 766 Å². The molecule has 48 nitrogen and oxygen atoms in total. The Bertz CT molecular complexity index is 3940. The van der Waals surface area contributed by atoms with Gasteiger partial charge in [-0.05, 0) is 49.4 Å². The summed E-state index contributed by atoms with van der Waals surface area (Å²) in [5.74, 6) is -1.91. The third-order valence-electron chi connectivity index (χ3n) is 11.4. The Morgan fingerprint density at radius 3 is 1.55 bits per heavy atom. The van der Waals surface area contributed by atoms with Gasteiger partial charge in [0.15, 0.2) is 0 Å². The first-order chi connectivity index (χ1) is 47.0. The summed E-state index contributed by atoms with van der Waals surface area (Å²) in [4.78, 5) is 136. The normalized spacial score (nSPS) is 34.6. The molecule has 5 fully saturated rings. The third kappa shape index (κ3) is 33.8. The number of halogens is 1. The number of para-hydroxylation sites is 2. The number of hydrogen-bond acceptors (Lipinski definition) is 44. The summed E-state index contributed by atoms with van der Waals surface area (Å²) in [5.41, 5.74) is -0.00736. The second kappa shape index (κ2) is 40.3. The summed E-state index contributed by atoms with van der Waals surface area (Å²) in [6.07, 6.45) is -15.5. The van der Waals surface area contributed by atoms with Gasteiger partial charge in [-0.3, -0.25) is 18.0 Å².